The first-order valence-electron chi connectivity index (χ1n) is 12.4. The lowest BCUT2D eigenvalue weighted by molar-refractivity contribution is -0.461. The number of aryl methyl sites for hydroxylation is 2. The van der Waals surface area contributed by atoms with E-state index in [9.17, 15) is 79.4 Å². The lowest BCUT2D eigenvalue weighted by Gasteiger charge is -2.42. The molecule has 0 saturated carbocycles. The normalized spacial score (nSPS) is 14.4. The van der Waals surface area contributed by atoms with E-state index in [4.69, 9.17) is 0 Å². The van der Waals surface area contributed by atoms with E-state index in [1.165, 1.54) is 24.3 Å². The number of alkyl halides is 17. The molecule has 260 valence electrons. The van der Waals surface area contributed by atoms with Crippen LogP contribution in [0.15, 0.2) is 36.7 Å². The standard InChI is InChI=1S/C25H19F17N2O2/c1-2-13-11-43-17(44-12-13)15-6-3-14(4-7-15)5-8-16(45)46-10-9-18(26,27)19(28,29)20(30,31)21(32,33)22(34,35)23(36,37)24(38,39)25(40,41)42/h3-4,6-7,11-12H,2,5,8-10H2,1H3. The zero-order valence-electron chi connectivity index (χ0n) is 22.6. The van der Waals surface area contributed by atoms with Crippen molar-refractivity contribution in [1.29, 1.82) is 0 Å². The van der Waals surface area contributed by atoms with Crippen LogP contribution in [0.3, 0.4) is 0 Å². The summed E-state index contributed by atoms with van der Waals surface area (Å²) in [5.74, 6) is -58.1. The first kappa shape index (κ1) is 38.8. The van der Waals surface area contributed by atoms with Gasteiger partial charge in [0.25, 0.3) is 0 Å². The molecule has 0 fully saturated rings. The fourth-order valence-corrected chi connectivity index (χ4v) is 3.47. The minimum atomic E-state index is -8.70. The Balaban J connectivity index is 2.09. The number of esters is 1. The quantitative estimate of drug-likeness (QED) is 0.146. The maximum Gasteiger partial charge on any atom is 0.460 e. The van der Waals surface area contributed by atoms with Crippen molar-refractivity contribution in [3.63, 3.8) is 0 Å². The van der Waals surface area contributed by atoms with E-state index >= 15 is 0 Å². The van der Waals surface area contributed by atoms with Gasteiger partial charge in [0.05, 0.1) is 13.0 Å². The molecular weight excluding hydrogens is 683 g/mol. The summed E-state index contributed by atoms with van der Waals surface area (Å²) in [6, 6.07) is 5.95. The molecule has 0 bridgehead atoms. The Morgan fingerprint density at radius 1 is 0.630 bits per heavy atom. The van der Waals surface area contributed by atoms with Gasteiger partial charge in [0, 0.05) is 24.4 Å². The predicted molar refractivity (Wildman–Crippen MR) is 121 cm³/mol. The first-order chi connectivity index (χ1) is 20.6. The highest BCUT2D eigenvalue weighted by atomic mass is 19.4. The summed E-state index contributed by atoms with van der Waals surface area (Å²) in [7, 11) is 0. The molecule has 46 heavy (non-hydrogen) atoms. The zero-order chi connectivity index (χ0) is 35.8. The number of carbonyl (C=O) groups is 1. The van der Waals surface area contributed by atoms with Crippen LogP contribution in [0.25, 0.3) is 11.4 Å². The minimum Gasteiger partial charge on any atom is -0.465 e. The Morgan fingerprint density at radius 3 is 1.50 bits per heavy atom. The molecule has 0 radical (unpaired) electrons. The predicted octanol–water partition coefficient (Wildman–Crippen LogP) is 8.58. The number of aromatic nitrogens is 2. The van der Waals surface area contributed by atoms with Gasteiger partial charge < -0.3 is 4.74 Å². The number of halogens is 17. The second-order valence-corrected chi connectivity index (χ2v) is 9.58. The summed E-state index contributed by atoms with van der Waals surface area (Å²) in [5.41, 5.74) is 1.79. The van der Waals surface area contributed by atoms with Gasteiger partial charge in [0.1, 0.15) is 0 Å². The van der Waals surface area contributed by atoms with Gasteiger partial charge in [-0.25, -0.2) is 9.97 Å². The van der Waals surface area contributed by atoms with Gasteiger partial charge in [0.15, 0.2) is 5.82 Å². The maximum absolute atomic E-state index is 13.9. The second kappa shape index (κ2) is 12.6. The Kier molecular flexibility index (Phi) is 10.7. The van der Waals surface area contributed by atoms with Crippen molar-refractivity contribution < 1.29 is 84.2 Å². The van der Waals surface area contributed by atoms with Crippen LogP contribution in [0.2, 0.25) is 0 Å². The third-order valence-electron chi connectivity index (χ3n) is 6.41. The van der Waals surface area contributed by atoms with Crippen molar-refractivity contribution in [2.45, 2.75) is 80.2 Å². The second-order valence-electron chi connectivity index (χ2n) is 9.58. The molecule has 0 unspecified atom stereocenters. The molecule has 0 spiro atoms. The van der Waals surface area contributed by atoms with Gasteiger partial charge in [-0.1, -0.05) is 31.2 Å². The number of ether oxygens (including phenoxy) is 1. The molecular formula is C25H19F17N2O2. The highest BCUT2D eigenvalue weighted by Gasteiger charge is 2.95. The van der Waals surface area contributed by atoms with E-state index in [0.717, 1.165) is 5.56 Å². The van der Waals surface area contributed by atoms with Crippen LogP contribution in [0.5, 0.6) is 0 Å². The molecule has 4 nitrogen and oxygen atoms in total. The maximum atomic E-state index is 13.9. The van der Waals surface area contributed by atoms with E-state index in [1.807, 2.05) is 6.92 Å². The third kappa shape index (κ3) is 6.68. The van der Waals surface area contributed by atoms with E-state index in [-0.39, 0.29) is 6.42 Å². The van der Waals surface area contributed by atoms with Gasteiger partial charge in [-0.05, 0) is 24.0 Å². The Labute approximate surface area is 246 Å². The van der Waals surface area contributed by atoms with Gasteiger partial charge in [-0.2, -0.15) is 74.6 Å². The molecule has 0 aliphatic heterocycles. The number of hydrogen-bond acceptors (Lipinski definition) is 4. The smallest absolute Gasteiger partial charge is 0.460 e. The van der Waals surface area contributed by atoms with Crippen molar-refractivity contribution in [2.75, 3.05) is 6.61 Å². The van der Waals surface area contributed by atoms with E-state index in [0.29, 0.717) is 23.4 Å². The van der Waals surface area contributed by atoms with Crippen LogP contribution in [0.1, 0.15) is 30.9 Å². The third-order valence-corrected chi connectivity index (χ3v) is 6.41. The number of rotatable bonds is 14. The zero-order valence-corrected chi connectivity index (χ0v) is 22.6. The van der Waals surface area contributed by atoms with Crippen molar-refractivity contribution in [2.24, 2.45) is 0 Å². The van der Waals surface area contributed by atoms with Crippen molar-refractivity contribution in [3.05, 3.63) is 47.8 Å². The average molecular weight is 702 g/mol. The number of hydrogen-bond donors (Lipinski definition) is 0. The molecule has 0 atom stereocenters. The summed E-state index contributed by atoms with van der Waals surface area (Å²) in [4.78, 5) is 20.1. The monoisotopic (exact) mass is 702 g/mol. The Bertz CT molecular complexity index is 1340. The lowest BCUT2D eigenvalue weighted by atomic mass is 9.88. The average Bonchev–Trinajstić information content (AvgIpc) is 2.95. The Hall–Kier alpha value is -3.42. The Morgan fingerprint density at radius 2 is 1.07 bits per heavy atom. The fourth-order valence-electron chi connectivity index (χ4n) is 3.47. The highest BCUT2D eigenvalue weighted by Crippen LogP contribution is 2.64. The van der Waals surface area contributed by atoms with Crippen LogP contribution in [-0.2, 0) is 22.4 Å². The van der Waals surface area contributed by atoms with Crippen molar-refractivity contribution >= 4 is 5.97 Å². The molecule has 0 aliphatic carbocycles. The summed E-state index contributed by atoms with van der Waals surface area (Å²) in [6.45, 7) is -0.108. The molecule has 1 aromatic heterocycles. The molecule has 0 saturated heterocycles. The van der Waals surface area contributed by atoms with Crippen LogP contribution in [-0.4, -0.2) is 70.2 Å². The van der Waals surface area contributed by atoms with Gasteiger partial charge in [0.2, 0.25) is 0 Å². The molecule has 2 aromatic rings. The number of nitrogens with zero attached hydrogens (tertiary/aromatic N) is 2. The van der Waals surface area contributed by atoms with E-state index in [1.54, 1.807) is 12.4 Å². The molecule has 1 heterocycles. The van der Waals surface area contributed by atoms with Gasteiger partial charge >= 0.3 is 53.6 Å². The molecule has 0 amide bonds. The first-order valence-corrected chi connectivity index (χ1v) is 12.4. The van der Waals surface area contributed by atoms with Gasteiger partial charge in [-0.15, -0.1) is 0 Å². The van der Waals surface area contributed by atoms with Crippen LogP contribution in [0, 0.1) is 0 Å². The van der Waals surface area contributed by atoms with Crippen molar-refractivity contribution in [3.8, 4) is 11.4 Å². The van der Waals surface area contributed by atoms with Crippen molar-refractivity contribution in [1.82, 2.24) is 9.97 Å². The summed E-state index contributed by atoms with van der Waals surface area (Å²) < 4.78 is 230. The van der Waals surface area contributed by atoms with Crippen LogP contribution in [0.4, 0.5) is 74.6 Å². The highest BCUT2D eigenvalue weighted by molar-refractivity contribution is 5.69. The van der Waals surface area contributed by atoms with Crippen LogP contribution < -0.4 is 0 Å². The molecule has 2 rings (SSSR count). The lowest BCUT2D eigenvalue weighted by Crippen LogP contribution is -2.74. The number of benzene rings is 1. The SMILES string of the molecule is CCc1cnc(-c2ccc(CCC(=O)OCCC(F)(F)C(F)(F)C(F)(F)C(F)(F)C(F)(F)C(F)(F)C(F)(F)C(F)(F)F)cc2)nc1. The minimum absolute atomic E-state index is 0.197. The largest absolute Gasteiger partial charge is 0.465 e. The van der Waals surface area contributed by atoms with E-state index < -0.39 is 73.1 Å². The summed E-state index contributed by atoms with van der Waals surface area (Å²) >= 11 is 0. The summed E-state index contributed by atoms with van der Waals surface area (Å²) in [6.07, 6.45) is -7.71. The molecule has 0 aliphatic rings. The molecule has 0 N–H and O–H groups in total. The van der Waals surface area contributed by atoms with Crippen LogP contribution >= 0.6 is 0 Å². The summed E-state index contributed by atoms with van der Waals surface area (Å²) in [5, 5.41) is 0. The molecule has 21 heteroatoms. The number of carbonyl (C=O) groups excluding carboxylic acids is 1. The molecule has 1 aromatic carbocycles. The topological polar surface area (TPSA) is 52.1 Å². The van der Waals surface area contributed by atoms with E-state index in [2.05, 4.69) is 14.7 Å². The fraction of sp³-hybridized carbons (Fsp3) is 0.560. The van der Waals surface area contributed by atoms with Gasteiger partial charge in [-0.3, -0.25) is 4.79 Å².